The van der Waals surface area contributed by atoms with E-state index in [9.17, 15) is 5.11 Å². The number of aliphatic hydroxyl groups is 1. The monoisotopic (exact) mass is 168 g/mol. The summed E-state index contributed by atoms with van der Waals surface area (Å²) >= 11 is 0. The van der Waals surface area contributed by atoms with Gasteiger partial charge in [-0.2, -0.15) is 0 Å². The summed E-state index contributed by atoms with van der Waals surface area (Å²) in [6, 6.07) is 0. The van der Waals surface area contributed by atoms with Crippen LogP contribution in [0.5, 0.6) is 0 Å². The lowest BCUT2D eigenvalue weighted by atomic mass is 9.75. The van der Waals surface area contributed by atoms with Gasteiger partial charge >= 0.3 is 0 Å². The highest BCUT2D eigenvalue weighted by atomic mass is 16.5. The Hall–Kier alpha value is -0.340. The lowest BCUT2D eigenvalue weighted by Crippen LogP contribution is -2.53. The molecule has 2 aliphatic rings. The van der Waals surface area contributed by atoms with Crippen molar-refractivity contribution < 1.29 is 9.84 Å². The van der Waals surface area contributed by atoms with Crippen molar-refractivity contribution in [2.45, 2.75) is 38.6 Å². The third-order valence-corrected chi connectivity index (χ3v) is 3.63. The Balaban J connectivity index is 2.31. The van der Waals surface area contributed by atoms with Crippen LogP contribution in [0.25, 0.3) is 0 Å². The fourth-order valence-electron chi connectivity index (χ4n) is 2.14. The topological polar surface area (TPSA) is 29.5 Å². The van der Waals surface area contributed by atoms with Crippen molar-refractivity contribution in [2.75, 3.05) is 0 Å². The molecule has 0 aromatic carbocycles. The molecule has 0 aliphatic carbocycles. The Morgan fingerprint density at radius 3 is 2.00 bits per heavy atom. The van der Waals surface area contributed by atoms with Crippen LogP contribution in [-0.2, 0) is 4.74 Å². The molecule has 1 N–H and O–H groups in total. The zero-order valence-corrected chi connectivity index (χ0v) is 7.82. The highest BCUT2D eigenvalue weighted by Gasteiger charge is 2.49. The molecule has 2 heteroatoms. The van der Waals surface area contributed by atoms with Gasteiger partial charge in [-0.05, 0) is 6.92 Å². The summed E-state index contributed by atoms with van der Waals surface area (Å²) in [6.07, 6.45) is 4.41. The van der Waals surface area contributed by atoms with Gasteiger partial charge in [-0.15, -0.1) is 0 Å². The molecule has 0 aromatic heterocycles. The number of hydrogen-bond acceptors (Lipinski definition) is 2. The maximum Gasteiger partial charge on any atom is 0.0817 e. The Bertz CT molecular complexity index is 200. The molecule has 5 atom stereocenters. The van der Waals surface area contributed by atoms with Crippen LogP contribution in [-0.4, -0.2) is 22.9 Å². The van der Waals surface area contributed by atoms with Crippen LogP contribution in [0.1, 0.15) is 20.8 Å². The first-order valence-corrected chi connectivity index (χ1v) is 4.59. The SMILES string of the molecule is C[C@@H]1C2C=CC(O2)[C@H](C)[C@]1(C)O. The van der Waals surface area contributed by atoms with Gasteiger partial charge < -0.3 is 9.84 Å². The molecule has 0 saturated carbocycles. The molecule has 0 aromatic rings. The Morgan fingerprint density at radius 1 is 1.17 bits per heavy atom. The first-order valence-electron chi connectivity index (χ1n) is 4.59. The van der Waals surface area contributed by atoms with E-state index in [4.69, 9.17) is 4.74 Å². The molecule has 1 fully saturated rings. The number of fused-ring (bicyclic) bond motifs is 2. The van der Waals surface area contributed by atoms with Gasteiger partial charge in [0.15, 0.2) is 0 Å². The molecule has 68 valence electrons. The molecular weight excluding hydrogens is 152 g/mol. The first kappa shape index (κ1) is 8.27. The van der Waals surface area contributed by atoms with Crippen molar-refractivity contribution in [2.24, 2.45) is 11.8 Å². The fraction of sp³-hybridized carbons (Fsp3) is 0.800. The van der Waals surface area contributed by atoms with Crippen LogP contribution in [0.15, 0.2) is 12.2 Å². The van der Waals surface area contributed by atoms with Gasteiger partial charge in [0.25, 0.3) is 0 Å². The van der Waals surface area contributed by atoms with E-state index >= 15 is 0 Å². The van der Waals surface area contributed by atoms with Crippen molar-refractivity contribution in [3.8, 4) is 0 Å². The molecule has 2 rings (SSSR count). The second-order valence-corrected chi connectivity index (χ2v) is 4.25. The van der Waals surface area contributed by atoms with E-state index in [2.05, 4.69) is 12.2 Å². The predicted octanol–water partition coefficient (Wildman–Crippen LogP) is 1.35. The van der Waals surface area contributed by atoms with Crippen LogP contribution < -0.4 is 0 Å². The lowest BCUT2D eigenvalue weighted by Gasteiger charge is -2.44. The molecular formula is C10H16O2. The van der Waals surface area contributed by atoms with Gasteiger partial charge in [0.1, 0.15) is 0 Å². The van der Waals surface area contributed by atoms with E-state index in [0.29, 0.717) is 0 Å². The van der Waals surface area contributed by atoms with Crippen LogP contribution in [0, 0.1) is 11.8 Å². The third kappa shape index (κ3) is 0.882. The molecule has 2 heterocycles. The van der Waals surface area contributed by atoms with E-state index in [0.717, 1.165) is 0 Å². The summed E-state index contributed by atoms with van der Waals surface area (Å²) in [6.45, 7) is 6.01. The van der Waals surface area contributed by atoms with Crippen LogP contribution >= 0.6 is 0 Å². The van der Waals surface area contributed by atoms with Crippen molar-refractivity contribution >= 4 is 0 Å². The fourth-order valence-corrected chi connectivity index (χ4v) is 2.14. The summed E-state index contributed by atoms with van der Waals surface area (Å²) in [5.74, 6) is 0.394. The molecule has 2 nitrogen and oxygen atoms in total. The van der Waals surface area contributed by atoms with Gasteiger partial charge in [0.2, 0.25) is 0 Å². The molecule has 2 unspecified atom stereocenters. The van der Waals surface area contributed by atoms with Crippen molar-refractivity contribution in [3.63, 3.8) is 0 Å². The van der Waals surface area contributed by atoms with E-state index in [1.165, 1.54) is 0 Å². The summed E-state index contributed by atoms with van der Waals surface area (Å²) in [7, 11) is 0. The quantitative estimate of drug-likeness (QED) is 0.553. The second kappa shape index (κ2) is 2.33. The van der Waals surface area contributed by atoms with Gasteiger partial charge in [0.05, 0.1) is 17.8 Å². The summed E-state index contributed by atoms with van der Waals surface area (Å²) in [4.78, 5) is 0. The molecule has 0 amide bonds. The molecule has 12 heavy (non-hydrogen) atoms. The zero-order valence-electron chi connectivity index (χ0n) is 7.82. The van der Waals surface area contributed by atoms with Crippen LogP contribution in [0.3, 0.4) is 0 Å². The molecule has 0 radical (unpaired) electrons. The van der Waals surface area contributed by atoms with Gasteiger partial charge in [-0.3, -0.25) is 0 Å². The van der Waals surface area contributed by atoms with E-state index in [1.807, 2.05) is 20.8 Å². The maximum atomic E-state index is 10.2. The number of rotatable bonds is 0. The van der Waals surface area contributed by atoms with Crippen molar-refractivity contribution in [1.29, 1.82) is 0 Å². The minimum Gasteiger partial charge on any atom is -0.389 e. The largest absolute Gasteiger partial charge is 0.389 e. The van der Waals surface area contributed by atoms with Gasteiger partial charge in [-0.25, -0.2) is 0 Å². The molecule has 2 bridgehead atoms. The van der Waals surface area contributed by atoms with E-state index in [1.54, 1.807) is 0 Å². The molecule has 0 spiro atoms. The Labute approximate surface area is 73.2 Å². The first-order chi connectivity index (χ1) is 5.53. The van der Waals surface area contributed by atoms with E-state index in [-0.39, 0.29) is 24.0 Å². The number of hydrogen-bond donors (Lipinski definition) is 1. The summed E-state index contributed by atoms with van der Waals surface area (Å²) < 4.78 is 5.69. The highest BCUT2D eigenvalue weighted by Crippen LogP contribution is 2.42. The van der Waals surface area contributed by atoms with Crippen LogP contribution in [0.4, 0.5) is 0 Å². The average molecular weight is 168 g/mol. The Morgan fingerprint density at radius 2 is 1.58 bits per heavy atom. The molecule has 1 saturated heterocycles. The zero-order chi connectivity index (χ0) is 8.93. The summed E-state index contributed by atoms with van der Waals surface area (Å²) in [5.41, 5.74) is -0.586. The van der Waals surface area contributed by atoms with E-state index < -0.39 is 5.60 Å². The summed E-state index contributed by atoms with van der Waals surface area (Å²) in [5, 5.41) is 10.2. The lowest BCUT2D eigenvalue weighted by molar-refractivity contribution is -0.171. The van der Waals surface area contributed by atoms with Gasteiger partial charge in [0, 0.05) is 11.8 Å². The minimum absolute atomic E-state index is 0.126. The van der Waals surface area contributed by atoms with Crippen LogP contribution in [0.2, 0.25) is 0 Å². The predicted molar refractivity (Wildman–Crippen MR) is 46.8 cm³/mol. The third-order valence-electron chi connectivity index (χ3n) is 3.63. The minimum atomic E-state index is -0.586. The van der Waals surface area contributed by atoms with Crippen molar-refractivity contribution in [3.05, 3.63) is 12.2 Å². The Kier molecular flexibility index (Phi) is 1.61. The van der Waals surface area contributed by atoms with Crippen molar-refractivity contribution in [1.82, 2.24) is 0 Å². The maximum absolute atomic E-state index is 10.2. The average Bonchev–Trinajstić information content (AvgIpc) is 2.45. The number of ether oxygens (including phenoxy) is 1. The smallest absolute Gasteiger partial charge is 0.0817 e. The normalized spacial score (nSPS) is 57.7. The van der Waals surface area contributed by atoms with Gasteiger partial charge in [-0.1, -0.05) is 26.0 Å². The highest BCUT2D eigenvalue weighted by molar-refractivity contribution is 5.14. The molecule has 2 aliphatic heterocycles. The standard InChI is InChI=1S/C10H16O2/c1-6-8-4-5-9(12-8)7(2)10(6,3)11/h4-9,11H,1-3H3/t6-,7+,8?,9?,10-. The second-order valence-electron chi connectivity index (χ2n) is 4.25.